The fourth-order valence-electron chi connectivity index (χ4n) is 1.53. The van der Waals surface area contributed by atoms with Gasteiger partial charge in [0.25, 0.3) is 0 Å². The molecular weight excluding hydrogens is 306 g/mol. The van der Waals surface area contributed by atoms with E-state index < -0.39 is 16.0 Å². The largest absolute Gasteiger partial charge is 0.494 e. The molecule has 0 bridgehead atoms. The standard InChI is InChI=1S/C12H16ClNO5S/c1-3-4-5-19-12(15)9-6-8(13)7-10(11(9)18-2)20(14,16)17/h6-7H,3-5H2,1-2H3,(H2,14,16,17). The summed E-state index contributed by atoms with van der Waals surface area (Å²) in [7, 11) is -2.83. The van der Waals surface area contributed by atoms with Gasteiger partial charge >= 0.3 is 5.97 Å². The molecule has 0 amide bonds. The molecule has 0 unspecified atom stereocenters. The summed E-state index contributed by atoms with van der Waals surface area (Å²) >= 11 is 5.81. The molecule has 6 nitrogen and oxygen atoms in total. The van der Waals surface area contributed by atoms with Gasteiger partial charge in [0.05, 0.1) is 13.7 Å². The smallest absolute Gasteiger partial charge is 0.342 e. The lowest BCUT2D eigenvalue weighted by molar-refractivity contribution is 0.0495. The van der Waals surface area contributed by atoms with Crippen LogP contribution >= 0.6 is 11.6 Å². The minimum atomic E-state index is -4.07. The molecule has 1 rings (SSSR count). The van der Waals surface area contributed by atoms with Crippen molar-refractivity contribution < 1.29 is 22.7 Å². The van der Waals surface area contributed by atoms with E-state index in [1.54, 1.807) is 0 Å². The molecule has 0 fully saturated rings. The van der Waals surface area contributed by atoms with Crippen LogP contribution in [0.5, 0.6) is 5.75 Å². The highest BCUT2D eigenvalue weighted by molar-refractivity contribution is 7.89. The summed E-state index contributed by atoms with van der Waals surface area (Å²) in [4.78, 5) is 11.6. The fourth-order valence-corrected chi connectivity index (χ4v) is 2.55. The zero-order chi connectivity index (χ0) is 15.3. The quantitative estimate of drug-likeness (QED) is 0.638. The summed E-state index contributed by atoms with van der Waals surface area (Å²) < 4.78 is 33.0. The van der Waals surface area contributed by atoms with E-state index in [-0.39, 0.29) is 27.8 Å². The van der Waals surface area contributed by atoms with E-state index in [1.165, 1.54) is 13.2 Å². The molecule has 0 radical (unpaired) electrons. The van der Waals surface area contributed by atoms with Gasteiger partial charge in [0, 0.05) is 5.02 Å². The monoisotopic (exact) mass is 321 g/mol. The molecular formula is C12H16ClNO5S. The second-order valence-corrected chi connectivity index (χ2v) is 5.99. The third-order valence-corrected chi connectivity index (χ3v) is 3.62. The van der Waals surface area contributed by atoms with Crippen molar-refractivity contribution in [1.29, 1.82) is 0 Å². The zero-order valence-electron chi connectivity index (χ0n) is 11.2. The second kappa shape index (κ2) is 6.92. The van der Waals surface area contributed by atoms with Gasteiger partial charge in [-0.15, -0.1) is 0 Å². The molecule has 0 saturated heterocycles. The SMILES string of the molecule is CCCCOC(=O)c1cc(Cl)cc(S(N)(=O)=O)c1OC. The van der Waals surface area contributed by atoms with Crippen LogP contribution in [0.4, 0.5) is 0 Å². The number of benzene rings is 1. The second-order valence-electron chi connectivity index (χ2n) is 4.02. The molecule has 8 heteroatoms. The number of carbonyl (C=O) groups excluding carboxylic acids is 1. The first kappa shape index (κ1) is 16.7. The van der Waals surface area contributed by atoms with Crippen LogP contribution in [-0.4, -0.2) is 28.1 Å². The van der Waals surface area contributed by atoms with E-state index in [0.29, 0.717) is 6.42 Å². The maximum atomic E-state index is 11.9. The van der Waals surface area contributed by atoms with Crippen LogP contribution in [0, 0.1) is 0 Å². The Balaban J connectivity index is 3.26. The van der Waals surface area contributed by atoms with Crippen molar-refractivity contribution in [2.45, 2.75) is 24.7 Å². The Morgan fingerprint density at radius 1 is 1.40 bits per heavy atom. The minimum Gasteiger partial charge on any atom is -0.494 e. The number of carbonyl (C=O) groups is 1. The number of ether oxygens (including phenoxy) is 2. The molecule has 0 aliphatic rings. The zero-order valence-corrected chi connectivity index (χ0v) is 12.8. The highest BCUT2D eigenvalue weighted by Gasteiger charge is 2.24. The average Bonchev–Trinajstić information content (AvgIpc) is 2.36. The van der Waals surface area contributed by atoms with Gasteiger partial charge in [0.1, 0.15) is 10.5 Å². The minimum absolute atomic E-state index is 0.0530. The number of unbranched alkanes of at least 4 members (excludes halogenated alkanes) is 1. The Hall–Kier alpha value is -1.31. The number of halogens is 1. The number of primary sulfonamides is 1. The Labute approximate surface area is 122 Å². The Morgan fingerprint density at radius 2 is 2.05 bits per heavy atom. The number of methoxy groups -OCH3 is 1. The van der Waals surface area contributed by atoms with E-state index in [9.17, 15) is 13.2 Å². The predicted molar refractivity (Wildman–Crippen MR) is 74.6 cm³/mol. The summed E-state index contributed by atoms with van der Waals surface area (Å²) in [5.74, 6) is -0.874. The van der Waals surface area contributed by atoms with Crippen LogP contribution in [0.25, 0.3) is 0 Å². The van der Waals surface area contributed by atoms with Crippen LogP contribution in [0.1, 0.15) is 30.1 Å². The molecule has 0 atom stereocenters. The van der Waals surface area contributed by atoms with Crippen molar-refractivity contribution in [3.05, 3.63) is 22.7 Å². The van der Waals surface area contributed by atoms with Crippen molar-refractivity contribution in [3.8, 4) is 5.75 Å². The maximum absolute atomic E-state index is 11.9. The highest BCUT2D eigenvalue weighted by atomic mass is 35.5. The van der Waals surface area contributed by atoms with E-state index >= 15 is 0 Å². The molecule has 0 heterocycles. The van der Waals surface area contributed by atoms with Crippen LogP contribution < -0.4 is 9.88 Å². The van der Waals surface area contributed by atoms with Gasteiger partial charge in [-0.05, 0) is 18.6 Å². The number of hydrogen-bond donors (Lipinski definition) is 1. The van der Waals surface area contributed by atoms with Crippen molar-refractivity contribution in [1.82, 2.24) is 0 Å². The molecule has 0 aliphatic heterocycles. The van der Waals surface area contributed by atoms with E-state index in [0.717, 1.165) is 12.5 Å². The summed E-state index contributed by atoms with van der Waals surface area (Å²) in [5, 5.41) is 5.13. The van der Waals surface area contributed by atoms with Crippen LogP contribution in [0.15, 0.2) is 17.0 Å². The predicted octanol–water partition coefficient (Wildman–Crippen LogP) is 1.95. The van der Waals surface area contributed by atoms with Gasteiger partial charge in [-0.1, -0.05) is 24.9 Å². The molecule has 0 aromatic heterocycles. The Kier molecular flexibility index (Phi) is 5.79. The third kappa shape index (κ3) is 4.09. The summed E-state index contributed by atoms with van der Waals surface area (Å²) in [6.07, 6.45) is 1.57. The van der Waals surface area contributed by atoms with Crippen molar-refractivity contribution in [3.63, 3.8) is 0 Å². The van der Waals surface area contributed by atoms with Crippen molar-refractivity contribution >= 4 is 27.6 Å². The molecule has 0 spiro atoms. The summed E-state index contributed by atoms with van der Waals surface area (Å²) in [5.41, 5.74) is -0.0693. The van der Waals surface area contributed by atoms with Crippen LogP contribution in [0.3, 0.4) is 0 Å². The number of sulfonamides is 1. The Morgan fingerprint density at radius 3 is 2.55 bits per heavy atom. The first-order chi connectivity index (χ1) is 9.31. The topological polar surface area (TPSA) is 95.7 Å². The third-order valence-electron chi connectivity index (χ3n) is 2.48. The highest BCUT2D eigenvalue weighted by Crippen LogP contribution is 2.31. The average molecular weight is 322 g/mol. The maximum Gasteiger partial charge on any atom is 0.342 e. The normalized spacial score (nSPS) is 11.2. The van der Waals surface area contributed by atoms with Crippen molar-refractivity contribution in [2.24, 2.45) is 5.14 Å². The molecule has 1 aromatic carbocycles. The molecule has 20 heavy (non-hydrogen) atoms. The van der Waals surface area contributed by atoms with Crippen LogP contribution in [0.2, 0.25) is 5.02 Å². The summed E-state index contributed by atoms with van der Waals surface area (Å²) in [6.45, 7) is 2.18. The molecule has 2 N–H and O–H groups in total. The molecule has 0 saturated carbocycles. The first-order valence-electron chi connectivity index (χ1n) is 5.88. The van der Waals surface area contributed by atoms with Gasteiger partial charge in [-0.25, -0.2) is 18.4 Å². The number of nitrogens with two attached hydrogens (primary N) is 1. The van der Waals surface area contributed by atoms with Gasteiger partial charge < -0.3 is 9.47 Å². The van der Waals surface area contributed by atoms with Gasteiger partial charge in [0.15, 0.2) is 5.75 Å². The van der Waals surface area contributed by atoms with Crippen molar-refractivity contribution in [2.75, 3.05) is 13.7 Å². The lowest BCUT2D eigenvalue weighted by atomic mass is 10.2. The van der Waals surface area contributed by atoms with E-state index in [4.69, 9.17) is 26.2 Å². The molecule has 1 aromatic rings. The van der Waals surface area contributed by atoms with E-state index in [1.807, 2.05) is 6.92 Å². The lowest BCUT2D eigenvalue weighted by Gasteiger charge is -2.12. The molecule has 0 aliphatic carbocycles. The number of rotatable bonds is 6. The van der Waals surface area contributed by atoms with Crippen LogP contribution in [-0.2, 0) is 14.8 Å². The van der Waals surface area contributed by atoms with Gasteiger partial charge in [0.2, 0.25) is 10.0 Å². The number of esters is 1. The van der Waals surface area contributed by atoms with Gasteiger partial charge in [-0.3, -0.25) is 0 Å². The summed E-state index contributed by atoms with van der Waals surface area (Å²) in [6, 6.07) is 2.40. The fraction of sp³-hybridized carbons (Fsp3) is 0.417. The first-order valence-corrected chi connectivity index (χ1v) is 7.81. The van der Waals surface area contributed by atoms with E-state index in [2.05, 4.69) is 0 Å². The lowest BCUT2D eigenvalue weighted by Crippen LogP contribution is -2.16. The van der Waals surface area contributed by atoms with Gasteiger partial charge in [-0.2, -0.15) is 0 Å². The molecule has 112 valence electrons. The Bertz CT molecular complexity index is 600. The number of hydrogen-bond acceptors (Lipinski definition) is 5.